The summed E-state index contributed by atoms with van der Waals surface area (Å²) in [6.07, 6.45) is 12.5. The van der Waals surface area contributed by atoms with Gasteiger partial charge in [-0.15, -0.1) is 0 Å². The summed E-state index contributed by atoms with van der Waals surface area (Å²) in [5.41, 5.74) is 5.67. The SMILES string of the molecule is NC1/C=C/C=C\N/C=C/C1. The minimum Gasteiger partial charge on any atom is -0.368 e. The Morgan fingerprint density at radius 3 is 3.10 bits per heavy atom. The Morgan fingerprint density at radius 2 is 2.20 bits per heavy atom. The molecule has 1 rings (SSSR count). The zero-order valence-corrected chi connectivity index (χ0v) is 5.83. The Balaban J connectivity index is 2.54. The van der Waals surface area contributed by atoms with Crippen LogP contribution in [0.2, 0.25) is 0 Å². The van der Waals surface area contributed by atoms with Crippen LogP contribution in [0.5, 0.6) is 0 Å². The van der Waals surface area contributed by atoms with Gasteiger partial charge in [0, 0.05) is 12.2 Å². The summed E-state index contributed by atoms with van der Waals surface area (Å²) in [5, 5.41) is 2.98. The van der Waals surface area contributed by atoms with Crippen LogP contribution in [0.1, 0.15) is 6.42 Å². The second-order valence-corrected chi connectivity index (χ2v) is 2.21. The third kappa shape index (κ3) is 2.51. The topological polar surface area (TPSA) is 38.0 Å². The van der Waals surface area contributed by atoms with Crippen LogP contribution in [0.3, 0.4) is 0 Å². The molecular formula is C8H12N2. The maximum Gasteiger partial charge on any atom is 0.0262 e. The fraction of sp³-hybridized carbons (Fsp3) is 0.250. The normalized spacial score (nSPS) is 34.3. The predicted octanol–water partition coefficient (Wildman–Crippen LogP) is 0.891. The molecule has 0 amide bonds. The first-order valence-corrected chi connectivity index (χ1v) is 3.39. The second-order valence-electron chi connectivity index (χ2n) is 2.21. The Morgan fingerprint density at radius 1 is 1.30 bits per heavy atom. The van der Waals surface area contributed by atoms with Crippen LogP contribution in [0.15, 0.2) is 36.7 Å². The monoisotopic (exact) mass is 136 g/mol. The summed E-state index contributed by atoms with van der Waals surface area (Å²) in [4.78, 5) is 0. The van der Waals surface area contributed by atoms with Crippen molar-refractivity contribution >= 4 is 0 Å². The van der Waals surface area contributed by atoms with E-state index in [1.807, 2.05) is 36.7 Å². The largest absolute Gasteiger partial charge is 0.368 e. The zero-order valence-electron chi connectivity index (χ0n) is 5.83. The standard InChI is InChI=1S/C8H12N2/c9-8-4-1-2-6-10-7-3-5-8/h1-4,6-8,10H,5,9H2/b4-1+,6-2-,7-3+. The molecular weight excluding hydrogens is 124 g/mol. The lowest BCUT2D eigenvalue weighted by molar-refractivity contribution is 0.832. The molecule has 0 aliphatic carbocycles. The molecule has 1 heterocycles. The first-order chi connectivity index (χ1) is 4.89. The van der Waals surface area contributed by atoms with Crippen molar-refractivity contribution in [3.8, 4) is 0 Å². The number of allylic oxidation sites excluding steroid dienone is 2. The van der Waals surface area contributed by atoms with Gasteiger partial charge in [-0.05, 0) is 18.7 Å². The van der Waals surface area contributed by atoms with Gasteiger partial charge in [-0.3, -0.25) is 0 Å². The van der Waals surface area contributed by atoms with Crippen LogP contribution >= 0.6 is 0 Å². The van der Waals surface area contributed by atoms with Gasteiger partial charge in [0.25, 0.3) is 0 Å². The molecule has 0 fully saturated rings. The van der Waals surface area contributed by atoms with E-state index in [4.69, 9.17) is 5.73 Å². The molecule has 0 radical (unpaired) electrons. The van der Waals surface area contributed by atoms with Crippen LogP contribution in [-0.2, 0) is 0 Å². The van der Waals surface area contributed by atoms with Gasteiger partial charge in [0.15, 0.2) is 0 Å². The summed E-state index contributed by atoms with van der Waals surface area (Å²) < 4.78 is 0. The van der Waals surface area contributed by atoms with E-state index in [0.29, 0.717) is 0 Å². The number of rotatable bonds is 0. The summed E-state index contributed by atoms with van der Waals surface area (Å²) in [5.74, 6) is 0. The molecule has 0 bridgehead atoms. The van der Waals surface area contributed by atoms with E-state index < -0.39 is 0 Å². The quantitative estimate of drug-likeness (QED) is 0.519. The van der Waals surface area contributed by atoms with Crippen molar-refractivity contribution in [3.05, 3.63) is 36.7 Å². The highest BCUT2D eigenvalue weighted by atomic mass is 14.8. The lowest BCUT2D eigenvalue weighted by atomic mass is 10.2. The van der Waals surface area contributed by atoms with Crippen LogP contribution in [0.4, 0.5) is 0 Å². The Bertz CT molecular complexity index is 168. The smallest absolute Gasteiger partial charge is 0.0262 e. The first kappa shape index (κ1) is 7.09. The molecule has 0 spiro atoms. The number of hydrogen-bond donors (Lipinski definition) is 2. The highest BCUT2D eigenvalue weighted by molar-refractivity contribution is 5.09. The van der Waals surface area contributed by atoms with Crippen molar-refractivity contribution in [3.63, 3.8) is 0 Å². The van der Waals surface area contributed by atoms with E-state index in [9.17, 15) is 0 Å². The van der Waals surface area contributed by atoms with E-state index in [-0.39, 0.29) is 6.04 Å². The van der Waals surface area contributed by atoms with Gasteiger partial charge in [0.2, 0.25) is 0 Å². The maximum absolute atomic E-state index is 5.67. The molecule has 10 heavy (non-hydrogen) atoms. The third-order valence-electron chi connectivity index (χ3n) is 1.28. The Kier molecular flexibility index (Phi) is 2.77. The second kappa shape index (κ2) is 3.90. The maximum atomic E-state index is 5.67. The van der Waals surface area contributed by atoms with Gasteiger partial charge in [-0.1, -0.05) is 18.2 Å². The van der Waals surface area contributed by atoms with Crippen LogP contribution in [-0.4, -0.2) is 6.04 Å². The molecule has 0 saturated heterocycles. The average Bonchev–Trinajstić information content (AvgIpc) is 2.02. The molecule has 54 valence electrons. The lowest BCUT2D eigenvalue weighted by Crippen LogP contribution is -2.14. The van der Waals surface area contributed by atoms with E-state index in [1.54, 1.807) is 0 Å². The van der Waals surface area contributed by atoms with Gasteiger partial charge in [0.05, 0.1) is 0 Å². The summed E-state index contributed by atoms with van der Waals surface area (Å²) >= 11 is 0. The summed E-state index contributed by atoms with van der Waals surface area (Å²) in [6.45, 7) is 0. The van der Waals surface area contributed by atoms with Crippen molar-refractivity contribution in [1.82, 2.24) is 5.32 Å². The minimum absolute atomic E-state index is 0.154. The van der Waals surface area contributed by atoms with Crippen molar-refractivity contribution in [2.75, 3.05) is 0 Å². The molecule has 2 heteroatoms. The van der Waals surface area contributed by atoms with E-state index >= 15 is 0 Å². The molecule has 1 aliphatic heterocycles. The molecule has 1 aliphatic rings. The van der Waals surface area contributed by atoms with E-state index in [0.717, 1.165) is 6.42 Å². The Hall–Kier alpha value is -1.02. The van der Waals surface area contributed by atoms with Crippen molar-refractivity contribution in [2.45, 2.75) is 12.5 Å². The van der Waals surface area contributed by atoms with E-state index in [2.05, 4.69) is 5.32 Å². The molecule has 0 saturated carbocycles. The molecule has 3 N–H and O–H groups in total. The van der Waals surface area contributed by atoms with Gasteiger partial charge in [-0.2, -0.15) is 0 Å². The average molecular weight is 136 g/mol. The highest BCUT2D eigenvalue weighted by Crippen LogP contribution is 1.93. The molecule has 1 unspecified atom stereocenters. The van der Waals surface area contributed by atoms with Gasteiger partial charge < -0.3 is 11.1 Å². The number of hydrogen-bond acceptors (Lipinski definition) is 2. The Labute approximate surface area is 61.1 Å². The predicted molar refractivity (Wildman–Crippen MR) is 43.1 cm³/mol. The lowest BCUT2D eigenvalue weighted by Gasteiger charge is -1.98. The fourth-order valence-electron chi connectivity index (χ4n) is 0.745. The van der Waals surface area contributed by atoms with E-state index in [1.165, 1.54) is 0 Å². The van der Waals surface area contributed by atoms with Gasteiger partial charge in [-0.25, -0.2) is 0 Å². The summed E-state index contributed by atoms with van der Waals surface area (Å²) in [7, 11) is 0. The minimum atomic E-state index is 0.154. The van der Waals surface area contributed by atoms with Gasteiger partial charge >= 0.3 is 0 Å². The van der Waals surface area contributed by atoms with Crippen LogP contribution in [0.25, 0.3) is 0 Å². The molecule has 0 aromatic carbocycles. The molecule has 1 atom stereocenters. The van der Waals surface area contributed by atoms with Crippen molar-refractivity contribution in [1.29, 1.82) is 0 Å². The van der Waals surface area contributed by atoms with Crippen LogP contribution < -0.4 is 11.1 Å². The first-order valence-electron chi connectivity index (χ1n) is 3.39. The molecule has 2 nitrogen and oxygen atoms in total. The number of nitrogens with two attached hydrogens (primary N) is 1. The van der Waals surface area contributed by atoms with Crippen molar-refractivity contribution < 1.29 is 0 Å². The third-order valence-corrected chi connectivity index (χ3v) is 1.28. The molecule has 0 aromatic rings. The molecule has 0 aromatic heterocycles. The van der Waals surface area contributed by atoms with Crippen LogP contribution in [0, 0.1) is 0 Å². The summed E-state index contributed by atoms with van der Waals surface area (Å²) in [6, 6.07) is 0.154. The highest BCUT2D eigenvalue weighted by Gasteiger charge is 1.91. The number of nitrogens with one attached hydrogen (secondary N) is 1. The van der Waals surface area contributed by atoms with Gasteiger partial charge in [0.1, 0.15) is 0 Å². The fourth-order valence-corrected chi connectivity index (χ4v) is 0.745. The van der Waals surface area contributed by atoms with Crippen molar-refractivity contribution in [2.24, 2.45) is 5.73 Å². The zero-order chi connectivity index (χ0) is 7.23.